The fourth-order valence-corrected chi connectivity index (χ4v) is 2.03. The second-order valence-electron chi connectivity index (χ2n) is 3.89. The molecule has 0 spiro atoms. The Labute approximate surface area is 80.4 Å². The highest BCUT2D eigenvalue weighted by Crippen LogP contribution is 2.52. The third-order valence-corrected chi connectivity index (χ3v) is 3.25. The van der Waals surface area contributed by atoms with Gasteiger partial charge in [0.2, 0.25) is 5.91 Å². The zero-order valence-corrected chi connectivity index (χ0v) is 8.60. The van der Waals surface area contributed by atoms with Crippen molar-refractivity contribution < 1.29 is 4.79 Å². The molecule has 0 radical (unpaired) electrons. The van der Waals surface area contributed by atoms with Crippen molar-refractivity contribution in [3.63, 3.8) is 0 Å². The van der Waals surface area contributed by atoms with E-state index >= 15 is 0 Å². The molecular weight excluding hydrogens is 162 g/mol. The Hall–Kier alpha value is -0.790. The van der Waals surface area contributed by atoms with Crippen LogP contribution in [0.15, 0.2) is 12.7 Å². The van der Waals surface area contributed by atoms with E-state index < -0.39 is 0 Å². The maximum absolute atomic E-state index is 11.1. The zero-order valence-electron chi connectivity index (χ0n) is 8.60. The Balaban J connectivity index is 2.52. The fraction of sp³-hybridized carbons (Fsp3) is 0.727. The molecule has 1 fully saturated rings. The van der Waals surface area contributed by atoms with Crippen LogP contribution in [-0.4, -0.2) is 11.9 Å². The summed E-state index contributed by atoms with van der Waals surface area (Å²) in [5.74, 6) is -0.0356. The molecular formula is C11H19NO. The monoisotopic (exact) mass is 181 g/mol. The number of amides is 1. The van der Waals surface area contributed by atoms with Crippen molar-refractivity contribution in [1.82, 2.24) is 5.32 Å². The van der Waals surface area contributed by atoms with Gasteiger partial charge in [0, 0.05) is 6.04 Å². The van der Waals surface area contributed by atoms with E-state index in [4.69, 9.17) is 0 Å². The van der Waals surface area contributed by atoms with E-state index in [0.29, 0.717) is 11.5 Å². The average molecular weight is 181 g/mol. The molecule has 1 aliphatic rings. The van der Waals surface area contributed by atoms with Gasteiger partial charge >= 0.3 is 0 Å². The van der Waals surface area contributed by atoms with E-state index in [2.05, 4.69) is 25.7 Å². The van der Waals surface area contributed by atoms with Crippen molar-refractivity contribution in [2.45, 2.75) is 45.6 Å². The van der Waals surface area contributed by atoms with Crippen LogP contribution in [0.2, 0.25) is 0 Å². The highest BCUT2D eigenvalue weighted by Gasteiger charge is 2.47. The van der Waals surface area contributed by atoms with Gasteiger partial charge in [-0.1, -0.05) is 20.4 Å². The minimum absolute atomic E-state index is 0.0356. The first-order valence-electron chi connectivity index (χ1n) is 5.11. The molecule has 1 amide bonds. The summed E-state index contributed by atoms with van der Waals surface area (Å²) in [4.78, 5) is 11.1. The van der Waals surface area contributed by atoms with Gasteiger partial charge < -0.3 is 5.32 Å². The fourth-order valence-electron chi connectivity index (χ4n) is 2.03. The molecule has 0 bridgehead atoms. The molecule has 13 heavy (non-hydrogen) atoms. The number of hydrogen-bond donors (Lipinski definition) is 1. The lowest BCUT2D eigenvalue weighted by molar-refractivity contribution is -0.117. The third kappa shape index (κ3) is 2.11. The summed E-state index contributed by atoms with van der Waals surface area (Å²) in [6.07, 6.45) is 6.07. The minimum Gasteiger partial charge on any atom is -0.349 e. The lowest BCUT2D eigenvalue weighted by atomic mass is 9.91. The lowest BCUT2D eigenvalue weighted by Crippen LogP contribution is -2.40. The molecule has 0 aromatic heterocycles. The summed E-state index contributed by atoms with van der Waals surface area (Å²) in [7, 11) is 0. The zero-order chi connectivity index (χ0) is 9.90. The third-order valence-electron chi connectivity index (χ3n) is 3.25. The predicted octanol–water partition coefficient (Wildman–Crippen LogP) is 2.26. The summed E-state index contributed by atoms with van der Waals surface area (Å²) < 4.78 is 0. The number of rotatable bonds is 5. The van der Waals surface area contributed by atoms with Crippen LogP contribution >= 0.6 is 0 Å². The van der Waals surface area contributed by atoms with Gasteiger partial charge in [0.25, 0.3) is 0 Å². The van der Waals surface area contributed by atoms with Crippen LogP contribution in [0.3, 0.4) is 0 Å². The number of hydrogen-bond acceptors (Lipinski definition) is 1. The second-order valence-corrected chi connectivity index (χ2v) is 3.89. The summed E-state index contributed by atoms with van der Waals surface area (Å²) in [6.45, 7) is 7.80. The van der Waals surface area contributed by atoms with E-state index in [1.165, 1.54) is 25.3 Å². The molecule has 0 aromatic carbocycles. The highest BCUT2D eigenvalue weighted by atomic mass is 16.1. The van der Waals surface area contributed by atoms with Crippen molar-refractivity contribution in [2.24, 2.45) is 5.41 Å². The largest absolute Gasteiger partial charge is 0.349 e. The molecule has 1 rings (SSSR count). The van der Waals surface area contributed by atoms with Gasteiger partial charge in [-0.3, -0.25) is 4.79 Å². The topological polar surface area (TPSA) is 29.1 Å². The molecule has 1 saturated carbocycles. The van der Waals surface area contributed by atoms with E-state index in [9.17, 15) is 4.79 Å². The Bertz CT molecular complexity index is 206. The van der Waals surface area contributed by atoms with Gasteiger partial charge in [0.05, 0.1) is 0 Å². The van der Waals surface area contributed by atoms with Crippen LogP contribution in [0.5, 0.6) is 0 Å². The predicted molar refractivity (Wildman–Crippen MR) is 54.4 cm³/mol. The molecule has 2 nitrogen and oxygen atoms in total. The van der Waals surface area contributed by atoms with Crippen molar-refractivity contribution in [2.75, 3.05) is 0 Å². The molecule has 1 N–H and O–H groups in total. The van der Waals surface area contributed by atoms with Gasteiger partial charge in [-0.2, -0.15) is 0 Å². The Morgan fingerprint density at radius 2 is 2.23 bits per heavy atom. The smallest absolute Gasteiger partial charge is 0.243 e. The van der Waals surface area contributed by atoms with Gasteiger partial charge in [0.1, 0.15) is 0 Å². The highest BCUT2D eigenvalue weighted by molar-refractivity contribution is 5.87. The normalized spacial score (nSPS) is 20.5. The van der Waals surface area contributed by atoms with Gasteiger partial charge in [0.15, 0.2) is 0 Å². The van der Waals surface area contributed by atoms with E-state index in [1.807, 2.05) is 0 Å². The summed E-state index contributed by atoms with van der Waals surface area (Å²) in [5.41, 5.74) is 0.410. The molecule has 0 saturated heterocycles. The van der Waals surface area contributed by atoms with Crippen LogP contribution in [0, 0.1) is 5.41 Å². The molecule has 1 atom stereocenters. The van der Waals surface area contributed by atoms with Gasteiger partial charge in [-0.05, 0) is 37.2 Å². The number of nitrogens with one attached hydrogen (secondary N) is 1. The Kier molecular flexibility index (Phi) is 3.12. The Morgan fingerprint density at radius 3 is 2.54 bits per heavy atom. The van der Waals surface area contributed by atoms with Crippen LogP contribution in [-0.2, 0) is 4.79 Å². The molecule has 0 aliphatic heterocycles. The molecule has 0 aromatic rings. The van der Waals surface area contributed by atoms with E-state index in [0.717, 1.165) is 6.42 Å². The van der Waals surface area contributed by atoms with Crippen molar-refractivity contribution in [3.05, 3.63) is 12.7 Å². The first-order chi connectivity index (χ1) is 6.18. The quantitative estimate of drug-likeness (QED) is 0.648. The molecule has 2 heteroatoms. The summed E-state index contributed by atoms with van der Waals surface area (Å²) in [6, 6.07) is 0.350. The van der Waals surface area contributed by atoms with Crippen LogP contribution < -0.4 is 5.32 Å². The SMILES string of the molecule is C=CC(=O)N[C@H](CC)C1(CC)CC1. The molecule has 74 valence electrons. The number of carbonyl (C=O) groups excluding carboxylic acids is 1. The molecule has 0 heterocycles. The van der Waals surface area contributed by atoms with Gasteiger partial charge in [-0.15, -0.1) is 0 Å². The van der Waals surface area contributed by atoms with Crippen LogP contribution in [0.1, 0.15) is 39.5 Å². The van der Waals surface area contributed by atoms with Gasteiger partial charge in [-0.25, -0.2) is 0 Å². The summed E-state index contributed by atoms with van der Waals surface area (Å²) >= 11 is 0. The van der Waals surface area contributed by atoms with Crippen LogP contribution in [0.4, 0.5) is 0 Å². The maximum atomic E-state index is 11.1. The van der Waals surface area contributed by atoms with Crippen molar-refractivity contribution >= 4 is 5.91 Å². The van der Waals surface area contributed by atoms with Crippen molar-refractivity contribution in [3.8, 4) is 0 Å². The van der Waals surface area contributed by atoms with E-state index in [-0.39, 0.29) is 5.91 Å². The summed E-state index contributed by atoms with van der Waals surface area (Å²) in [5, 5.41) is 3.01. The standard InChI is InChI=1S/C11H19NO/c1-4-9(12-10(13)5-2)11(6-3)7-8-11/h5,9H,2,4,6-8H2,1,3H3,(H,12,13)/t9-/m1/s1. The minimum atomic E-state index is -0.0356. The first kappa shape index (κ1) is 10.3. The van der Waals surface area contributed by atoms with E-state index in [1.54, 1.807) is 0 Å². The number of carbonyl (C=O) groups is 1. The molecule has 0 unspecified atom stereocenters. The Morgan fingerprint density at radius 1 is 1.62 bits per heavy atom. The maximum Gasteiger partial charge on any atom is 0.243 e. The average Bonchev–Trinajstić information content (AvgIpc) is 2.94. The van der Waals surface area contributed by atoms with Crippen LogP contribution in [0.25, 0.3) is 0 Å². The molecule has 1 aliphatic carbocycles. The lowest BCUT2D eigenvalue weighted by Gasteiger charge is -2.25. The second kappa shape index (κ2) is 3.95. The first-order valence-corrected chi connectivity index (χ1v) is 5.11. The van der Waals surface area contributed by atoms with Crippen molar-refractivity contribution in [1.29, 1.82) is 0 Å².